The van der Waals surface area contributed by atoms with Gasteiger partial charge in [-0.3, -0.25) is 29.0 Å². The van der Waals surface area contributed by atoms with Gasteiger partial charge in [-0.25, -0.2) is 0 Å². The van der Waals surface area contributed by atoms with Crippen LogP contribution in [-0.4, -0.2) is 93.6 Å². The van der Waals surface area contributed by atoms with Crippen LogP contribution < -0.4 is 31.2 Å². The third-order valence-electron chi connectivity index (χ3n) is 13.9. The van der Waals surface area contributed by atoms with Crippen LogP contribution in [0.3, 0.4) is 0 Å². The second kappa shape index (κ2) is 21.7. The van der Waals surface area contributed by atoms with E-state index in [1.807, 2.05) is 125 Å². The Hall–Kier alpha value is -5.80. The van der Waals surface area contributed by atoms with Crippen molar-refractivity contribution in [2.45, 2.75) is 90.9 Å². The predicted octanol–water partition coefficient (Wildman–Crippen LogP) is 5.16. The number of benzene rings is 2. The van der Waals surface area contributed by atoms with Crippen LogP contribution in [0.2, 0.25) is 0 Å². The van der Waals surface area contributed by atoms with Crippen molar-refractivity contribution in [3.8, 4) is 11.5 Å². The van der Waals surface area contributed by atoms with Crippen molar-refractivity contribution in [3.05, 3.63) is 139 Å². The van der Waals surface area contributed by atoms with Crippen molar-refractivity contribution in [1.82, 2.24) is 29.6 Å². The smallest absolute Gasteiger partial charge is 0.258 e. The maximum atomic E-state index is 13.3. The summed E-state index contributed by atoms with van der Waals surface area (Å²) in [7, 11) is 3.30. The molecular weight excluding hydrogens is 837 g/mol. The number of hydrogen-bond donors (Lipinski definition) is 4. The first-order valence-corrected chi connectivity index (χ1v) is 23.4. The van der Waals surface area contributed by atoms with Crippen molar-refractivity contribution < 1.29 is 29.3 Å². The molecule has 2 saturated heterocycles. The van der Waals surface area contributed by atoms with Crippen molar-refractivity contribution in [1.29, 1.82) is 0 Å². The van der Waals surface area contributed by atoms with Crippen molar-refractivity contribution in [3.63, 3.8) is 0 Å². The lowest BCUT2D eigenvalue weighted by Gasteiger charge is -2.38. The van der Waals surface area contributed by atoms with Gasteiger partial charge in [-0.05, 0) is 63.1 Å². The Labute approximate surface area is 387 Å². The Morgan fingerprint density at radius 3 is 1.38 bits per heavy atom. The molecule has 352 valence electrons. The number of methoxy groups -OCH3 is 2. The zero-order valence-corrected chi connectivity index (χ0v) is 39.1. The minimum absolute atomic E-state index is 0.0520. The van der Waals surface area contributed by atoms with Crippen LogP contribution in [0.15, 0.2) is 94.5 Å². The molecule has 8 atom stereocenters. The molecule has 0 radical (unpaired) electrons. The molecule has 2 aromatic carbocycles. The maximum Gasteiger partial charge on any atom is 0.258 e. The number of aromatic nitrogens is 2. The first-order chi connectivity index (χ1) is 32.1. The standard InChI is InChI=1S/2C26H33N3O4/c2*1-4-8-17-11-12-20-24-23(25(31)27-13-5-2)19(16-30)21(15-29(20)26(17)32)28(24)14-18-9-6-7-10-22(18)33-3/h2*4,6-12,19,21,23-24,30H,5,13-16H2,1-3H3,(H,27,31)/b8-4+;8-4-/t2*19-,21-,23+,24+/m11/s1. The van der Waals surface area contributed by atoms with Gasteiger partial charge in [0.2, 0.25) is 11.8 Å². The fourth-order valence-corrected chi connectivity index (χ4v) is 10.9. The molecule has 8 rings (SSSR count). The zero-order valence-electron chi connectivity index (χ0n) is 39.1. The minimum atomic E-state index is -0.443. The summed E-state index contributed by atoms with van der Waals surface area (Å²) in [5, 5.41) is 26.9. The number of para-hydroxylation sites is 2. The molecule has 0 unspecified atom stereocenters. The largest absolute Gasteiger partial charge is 0.496 e. The lowest BCUT2D eigenvalue weighted by molar-refractivity contribution is -0.128. The van der Waals surface area contributed by atoms with E-state index in [1.165, 1.54) is 0 Å². The average molecular weight is 903 g/mol. The molecule has 4 aliphatic rings. The highest BCUT2D eigenvalue weighted by Crippen LogP contribution is 2.51. The molecule has 14 nitrogen and oxygen atoms in total. The Kier molecular flexibility index (Phi) is 15.8. The summed E-state index contributed by atoms with van der Waals surface area (Å²) in [4.78, 5) is 57.7. The number of nitrogens with zero attached hydrogens (tertiary/aromatic N) is 4. The molecule has 0 saturated carbocycles. The minimum Gasteiger partial charge on any atom is -0.496 e. The second-order valence-corrected chi connectivity index (χ2v) is 17.6. The number of carbonyl (C=O) groups is 2. The normalized spacial score (nSPS) is 24.1. The summed E-state index contributed by atoms with van der Waals surface area (Å²) >= 11 is 0. The van der Waals surface area contributed by atoms with Gasteiger partial charge in [0.05, 0.1) is 38.1 Å². The van der Waals surface area contributed by atoms with Crippen molar-refractivity contribution in [2.75, 3.05) is 40.5 Å². The molecule has 4 aliphatic heterocycles. The van der Waals surface area contributed by atoms with E-state index in [-0.39, 0.29) is 72.1 Å². The molecule has 0 spiro atoms. The molecule has 4 N–H and O–H groups in total. The molecule has 66 heavy (non-hydrogen) atoms. The van der Waals surface area contributed by atoms with Crippen LogP contribution in [0.4, 0.5) is 0 Å². The Morgan fingerprint density at radius 1 is 0.636 bits per heavy atom. The number of pyridine rings is 2. The average Bonchev–Trinajstić information content (AvgIpc) is 3.67. The number of fused-ring (bicyclic) bond motifs is 8. The summed E-state index contributed by atoms with van der Waals surface area (Å²) < 4.78 is 14.8. The number of hydrogen-bond acceptors (Lipinski definition) is 10. The van der Waals surface area contributed by atoms with Crippen LogP contribution in [-0.2, 0) is 35.8 Å². The summed E-state index contributed by atoms with van der Waals surface area (Å²) in [6.07, 6.45) is 9.01. The van der Waals surface area contributed by atoms with Gasteiger partial charge >= 0.3 is 0 Å². The van der Waals surface area contributed by atoms with Crippen molar-refractivity contribution >= 4 is 24.0 Å². The third-order valence-corrected chi connectivity index (χ3v) is 13.9. The number of allylic oxidation sites excluding steroid dienone is 2. The lowest BCUT2D eigenvalue weighted by atomic mass is 9.86. The van der Waals surface area contributed by atoms with Gasteiger partial charge in [-0.2, -0.15) is 0 Å². The van der Waals surface area contributed by atoms with E-state index in [0.29, 0.717) is 50.4 Å². The number of ether oxygens (including phenoxy) is 2. The number of amides is 2. The van der Waals surface area contributed by atoms with Gasteiger partial charge in [-0.1, -0.05) is 74.5 Å². The number of nitrogens with one attached hydrogen (secondary N) is 2. The van der Waals surface area contributed by atoms with Gasteiger partial charge < -0.3 is 39.5 Å². The van der Waals surface area contributed by atoms with Gasteiger partial charge in [-0.15, -0.1) is 0 Å². The van der Waals surface area contributed by atoms with Gasteiger partial charge in [0, 0.05) is 110 Å². The van der Waals surface area contributed by atoms with Crippen molar-refractivity contribution in [2.24, 2.45) is 23.7 Å². The van der Waals surface area contributed by atoms with Crippen LogP contribution in [0.1, 0.15) is 86.3 Å². The monoisotopic (exact) mass is 902 g/mol. The number of aliphatic hydroxyl groups is 2. The van der Waals surface area contributed by atoms with E-state index >= 15 is 0 Å². The summed E-state index contributed by atoms with van der Waals surface area (Å²) in [6.45, 7) is 10.8. The van der Waals surface area contributed by atoms with E-state index < -0.39 is 11.8 Å². The van der Waals surface area contributed by atoms with Crippen LogP contribution in [0, 0.1) is 23.7 Å². The third kappa shape index (κ3) is 9.16. The second-order valence-electron chi connectivity index (χ2n) is 17.6. The van der Waals surface area contributed by atoms with E-state index in [9.17, 15) is 29.4 Å². The molecular formula is C52H66N6O8. The number of aliphatic hydroxyl groups excluding tert-OH is 2. The quantitative estimate of drug-likeness (QED) is 0.118. The maximum absolute atomic E-state index is 13.3. The molecule has 2 fully saturated rings. The first-order valence-electron chi connectivity index (χ1n) is 23.4. The Balaban J connectivity index is 0.000000196. The fraction of sp³-hybridized carbons (Fsp3) is 0.462. The molecule has 4 aromatic rings. The van der Waals surface area contributed by atoms with Crippen LogP contribution in [0.25, 0.3) is 12.2 Å². The number of rotatable bonds is 16. The highest BCUT2D eigenvalue weighted by Gasteiger charge is 2.57. The zero-order chi connectivity index (χ0) is 47.1. The first kappa shape index (κ1) is 48.1. The molecule has 2 amide bonds. The molecule has 6 heterocycles. The molecule has 4 bridgehead atoms. The van der Waals surface area contributed by atoms with Crippen LogP contribution >= 0.6 is 0 Å². The van der Waals surface area contributed by atoms with Crippen LogP contribution in [0.5, 0.6) is 11.5 Å². The number of carbonyl (C=O) groups excluding carboxylic acids is 2. The fourth-order valence-electron chi connectivity index (χ4n) is 10.9. The molecule has 2 aromatic heterocycles. The molecule has 0 aliphatic carbocycles. The Morgan fingerprint density at radius 2 is 1.03 bits per heavy atom. The van der Waals surface area contributed by atoms with Gasteiger partial charge in [0.15, 0.2) is 0 Å². The van der Waals surface area contributed by atoms with Gasteiger partial charge in [0.1, 0.15) is 11.5 Å². The summed E-state index contributed by atoms with van der Waals surface area (Å²) in [6, 6.07) is 22.4. The lowest BCUT2D eigenvalue weighted by Crippen LogP contribution is -2.46. The topological polar surface area (TPSA) is 168 Å². The van der Waals surface area contributed by atoms with E-state index in [4.69, 9.17) is 9.47 Å². The van der Waals surface area contributed by atoms with E-state index in [0.717, 1.165) is 46.9 Å². The Bertz CT molecular complexity index is 2360. The summed E-state index contributed by atoms with van der Waals surface area (Å²) in [5.74, 6) is 0.0198. The van der Waals surface area contributed by atoms with Gasteiger partial charge in [0.25, 0.3) is 11.1 Å². The van der Waals surface area contributed by atoms with E-state index in [2.05, 4.69) is 20.4 Å². The molecule has 14 heteroatoms. The SMILES string of the molecule is C/C=C/c1ccc2n(c1=O)C[C@@H]1[C@@H](CO)[C@H](C(=O)NCCC)[C@H]2N1Cc1ccccc1OC.C/C=C\c1ccc2n(c1=O)C[C@@H]1[C@@H](CO)[C@H](C(=O)NCCC)[C@H]2N1Cc1ccccc1OC. The highest BCUT2D eigenvalue weighted by atomic mass is 16.5. The highest BCUT2D eigenvalue weighted by molar-refractivity contribution is 5.81. The predicted molar refractivity (Wildman–Crippen MR) is 256 cm³/mol. The van der Waals surface area contributed by atoms with E-state index in [1.54, 1.807) is 23.4 Å². The summed E-state index contributed by atoms with van der Waals surface area (Å²) in [5.41, 5.74) is 4.84.